The van der Waals surface area contributed by atoms with Gasteiger partial charge < -0.3 is 5.11 Å². The largest absolute Gasteiger partial charge is 0.480 e. The van der Waals surface area contributed by atoms with E-state index in [0.29, 0.717) is 18.4 Å². The number of fused-ring (bicyclic) bond motifs is 1. The third kappa shape index (κ3) is 1.89. The van der Waals surface area contributed by atoms with Crippen LogP contribution in [0.15, 0.2) is 18.5 Å². The Hall–Kier alpha value is -2.22. The molecular weight excluding hydrogens is 220 g/mol. The highest BCUT2D eigenvalue weighted by Gasteiger charge is 2.37. The molecule has 1 N–H and O–H groups in total. The van der Waals surface area contributed by atoms with Crippen molar-refractivity contribution < 1.29 is 14.7 Å². The second-order valence-corrected chi connectivity index (χ2v) is 3.99. The molecule has 0 amide bonds. The molecule has 0 saturated carbocycles. The summed E-state index contributed by atoms with van der Waals surface area (Å²) in [6, 6.07) is 3.28. The van der Waals surface area contributed by atoms with E-state index in [2.05, 4.69) is 4.98 Å². The van der Waals surface area contributed by atoms with Gasteiger partial charge in [0.2, 0.25) is 0 Å². The Bertz CT molecular complexity index is 519. The number of rotatable bonds is 2. The molecule has 1 aromatic rings. The fourth-order valence-corrected chi connectivity index (χ4v) is 2.14. The third-order valence-corrected chi connectivity index (χ3v) is 3.04. The Morgan fingerprint density at radius 3 is 3.06 bits per heavy atom. The van der Waals surface area contributed by atoms with E-state index in [0.717, 1.165) is 5.56 Å². The SMILES string of the molecule is N#CC(C(=O)O)C1CCc2cnccc2C1=O. The lowest BCUT2D eigenvalue weighted by atomic mass is 9.77. The molecule has 0 bridgehead atoms. The van der Waals surface area contributed by atoms with E-state index in [4.69, 9.17) is 10.4 Å². The Morgan fingerprint density at radius 1 is 1.65 bits per heavy atom. The summed E-state index contributed by atoms with van der Waals surface area (Å²) in [5.41, 5.74) is 1.33. The van der Waals surface area contributed by atoms with Crippen LogP contribution in [-0.2, 0) is 11.2 Å². The van der Waals surface area contributed by atoms with E-state index in [1.807, 2.05) is 0 Å². The molecule has 1 heterocycles. The second kappa shape index (κ2) is 4.34. The summed E-state index contributed by atoms with van der Waals surface area (Å²) < 4.78 is 0. The van der Waals surface area contributed by atoms with Crippen LogP contribution in [0.2, 0.25) is 0 Å². The van der Waals surface area contributed by atoms with Gasteiger partial charge in [0.05, 0.1) is 6.07 Å². The van der Waals surface area contributed by atoms with Crippen LogP contribution >= 0.6 is 0 Å². The van der Waals surface area contributed by atoms with Crippen molar-refractivity contribution in [3.8, 4) is 6.07 Å². The summed E-state index contributed by atoms with van der Waals surface area (Å²) in [5.74, 6) is -3.50. The van der Waals surface area contributed by atoms with E-state index >= 15 is 0 Å². The minimum atomic E-state index is -1.26. The number of hydrogen-bond donors (Lipinski definition) is 1. The topological polar surface area (TPSA) is 91.1 Å². The number of aromatic nitrogens is 1. The number of Topliss-reactive ketones (excluding diaryl/α,β-unsaturated/α-hetero) is 1. The zero-order valence-corrected chi connectivity index (χ0v) is 8.96. The number of nitriles is 1. The van der Waals surface area contributed by atoms with Gasteiger partial charge in [-0.3, -0.25) is 14.6 Å². The first kappa shape index (κ1) is 11.3. The van der Waals surface area contributed by atoms with Crippen LogP contribution in [-0.4, -0.2) is 21.8 Å². The lowest BCUT2D eigenvalue weighted by molar-refractivity contribution is -0.141. The van der Waals surface area contributed by atoms with Crippen molar-refractivity contribution in [3.05, 3.63) is 29.6 Å². The summed E-state index contributed by atoms with van der Waals surface area (Å²) in [6.07, 6.45) is 4.10. The maximum absolute atomic E-state index is 12.1. The standard InChI is InChI=1S/C12H10N2O3/c13-5-10(12(16)17)9-2-1-7-6-14-4-3-8(7)11(9)15/h3-4,6,9-10H,1-2H2,(H,16,17). The molecule has 1 aliphatic carbocycles. The number of ketones is 1. The van der Waals surface area contributed by atoms with Crippen molar-refractivity contribution in [3.63, 3.8) is 0 Å². The van der Waals surface area contributed by atoms with Crippen LogP contribution in [0.3, 0.4) is 0 Å². The Labute approximate surface area is 97.7 Å². The molecule has 0 aliphatic heterocycles. The number of carbonyl (C=O) groups is 2. The molecule has 86 valence electrons. The maximum Gasteiger partial charge on any atom is 0.321 e. The Kier molecular flexibility index (Phi) is 2.88. The van der Waals surface area contributed by atoms with E-state index < -0.39 is 17.8 Å². The van der Waals surface area contributed by atoms with Gasteiger partial charge in [-0.2, -0.15) is 5.26 Å². The van der Waals surface area contributed by atoms with Gasteiger partial charge in [-0.1, -0.05) is 0 Å². The third-order valence-electron chi connectivity index (χ3n) is 3.04. The van der Waals surface area contributed by atoms with Gasteiger partial charge in [0, 0.05) is 23.9 Å². The lowest BCUT2D eigenvalue weighted by Gasteiger charge is -2.24. The van der Waals surface area contributed by atoms with Crippen LogP contribution in [0.5, 0.6) is 0 Å². The molecule has 5 heteroatoms. The zero-order valence-electron chi connectivity index (χ0n) is 8.96. The quantitative estimate of drug-likeness (QED) is 0.819. The number of aliphatic carboxylic acids is 1. The number of carboxylic acids is 1. The smallest absolute Gasteiger partial charge is 0.321 e. The summed E-state index contributed by atoms with van der Waals surface area (Å²) in [6.45, 7) is 0. The van der Waals surface area contributed by atoms with Crippen LogP contribution < -0.4 is 0 Å². The van der Waals surface area contributed by atoms with Crippen molar-refractivity contribution >= 4 is 11.8 Å². The molecule has 0 fully saturated rings. The van der Waals surface area contributed by atoms with Gasteiger partial charge in [0.15, 0.2) is 11.7 Å². The molecule has 1 aromatic heterocycles. The molecular formula is C12H10N2O3. The number of carboxylic acid groups (broad SMARTS) is 1. The Balaban J connectivity index is 2.35. The molecule has 1 aliphatic rings. The molecule has 17 heavy (non-hydrogen) atoms. The van der Waals surface area contributed by atoms with Crippen LogP contribution in [0.1, 0.15) is 22.3 Å². The van der Waals surface area contributed by atoms with Crippen molar-refractivity contribution in [2.24, 2.45) is 11.8 Å². The molecule has 0 aromatic carbocycles. The monoisotopic (exact) mass is 230 g/mol. The first-order valence-corrected chi connectivity index (χ1v) is 5.24. The highest BCUT2D eigenvalue weighted by molar-refractivity contribution is 6.02. The van der Waals surface area contributed by atoms with Crippen molar-refractivity contribution in [1.29, 1.82) is 5.26 Å². The first-order valence-electron chi connectivity index (χ1n) is 5.24. The number of pyridine rings is 1. The maximum atomic E-state index is 12.1. The summed E-state index contributed by atoms with van der Waals surface area (Å²) >= 11 is 0. The summed E-state index contributed by atoms with van der Waals surface area (Å²) in [7, 11) is 0. The number of nitrogens with zero attached hydrogens (tertiary/aromatic N) is 2. The van der Waals surface area contributed by atoms with Gasteiger partial charge in [0.1, 0.15) is 0 Å². The van der Waals surface area contributed by atoms with Crippen LogP contribution in [0.4, 0.5) is 0 Å². The van der Waals surface area contributed by atoms with E-state index in [1.54, 1.807) is 18.3 Å². The van der Waals surface area contributed by atoms with Crippen LogP contribution in [0.25, 0.3) is 0 Å². The fraction of sp³-hybridized carbons (Fsp3) is 0.333. The normalized spacial score (nSPS) is 20.2. The van der Waals surface area contributed by atoms with E-state index in [-0.39, 0.29) is 5.78 Å². The highest BCUT2D eigenvalue weighted by atomic mass is 16.4. The van der Waals surface area contributed by atoms with Crippen LogP contribution in [0, 0.1) is 23.2 Å². The first-order chi connectivity index (χ1) is 8.15. The second-order valence-electron chi connectivity index (χ2n) is 3.99. The molecule has 2 rings (SSSR count). The summed E-state index contributed by atoms with van der Waals surface area (Å²) in [4.78, 5) is 26.9. The van der Waals surface area contributed by atoms with Crippen molar-refractivity contribution in [2.75, 3.05) is 0 Å². The number of aryl methyl sites for hydroxylation is 1. The predicted molar refractivity (Wildman–Crippen MR) is 57.1 cm³/mol. The minimum absolute atomic E-state index is 0.261. The van der Waals surface area contributed by atoms with E-state index in [1.165, 1.54) is 6.20 Å². The lowest BCUT2D eigenvalue weighted by Crippen LogP contribution is -2.32. The highest BCUT2D eigenvalue weighted by Crippen LogP contribution is 2.29. The molecule has 2 unspecified atom stereocenters. The number of carbonyl (C=O) groups excluding carboxylic acids is 1. The molecule has 2 atom stereocenters. The van der Waals surface area contributed by atoms with Gasteiger partial charge >= 0.3 is 5.97 Å². The molecule has 0 radical (unpaired) electrons. The zero-order chi connectivity index (χ0) is 12.4. The van der Waals surface area contributed by atoms with Crippen molar-refractivity contribution in [1.82, 2.24) is 4.98 Å². The van der Waals surface area contributed by atoms with Gasteiger partial charge in [-0.05, 0) is 24.5 Å². The minimum Gasteiger partial charge on any atom is -0.480 e. The predicted octanol–water partition coefficient (Wildman–Crippen LogP) is 1.05. The van der Waals surface area contributed by atoms with Gasteiger partial charge in [0.25, 0.3) is 0 Å². The average molecular weight is 230 g/mol. The number of hydrogen-bond acceptors (Lipinski definition) is 4. The van der Waals surface area contributed by atoms with Gasteiger partial charge in [-0.25, -0.2) is 0 Å². The van der Waals surface area contributed by atoms with Gasteiger partial charge in [-0.15, -0.1) is 0 Å². The Morgan fingerprint density at radius 2 is 2.41 bits per heavy atom. The molecule has 0 saturated heterocycles. The molecule has 0 spiro atoms. The summed E-state index contributed by atoms with van der Waals surface area (Å²) in [5, 5.41) is 17.7. The average Bonchev–Trinajstić information content (AvgIpc) is 2.33. The van der Waals surface area contributed by atoms with E-state index in [9.17, 15) is 9.59 Å². The molecule has 5 nitrogen and oxygen atoms in total. The fourth-order valence-electron chi connectivity index (χ4n) is 2.14. The van der Waals surface area contributed by atoms with Crippen molar-refractivity contribution in [2.45, 2.75) is 12.8 Å².